The number of carbonyl (C=O) groups excluding carboxylic acids is 1. The van der Waals surface area contributed by atoms with E-state index in [0.29, 0.717) is 13.0 Å². The van der Waals surface area contributed by atoms with Crippen molar-refractivity contribution in [3.8, 4) is 0 Å². The van der Waals surface area contributed by atoms with Crippen LogP contribution in [-0.4, -0.2) is 44.9 Å². The van der Waals surface area contributed by atoms with Gasteiger partial charge in [-0.25, -0.2) is 4.68 Å². The van der Waals surface area contributed by atoms with Crippen LogP contribution in [-0.2, 0) is 11.3 Å². The van der Waals surface area contributed by atoms with Crippen LogP contribution in [0.25, 0.3) is 0 Å². The van der Waals surface area contributed by atoms with Gasteiger partial charge in [0.2, 0.25) is 5.91 Å². The van der Waals surface area contributed by atoms with Crippen molar-refractivity contribution in [1.82, 2.24) is 14.7 Å². The predicted octanol–water partition coefficient (Wildman–Crippen LogP) is -1.87. The number of likely N-dealkylation sites (tertiary alicyclic amines) is 1. The van der Waals surface area contributed by atoms with Gasteiger partial charge < -0.3 is 10.0 Å². The molecule has 7 heteroatoms. The van der Waals surface area contributed by atoms with E-state index in [-0.39, 0.29) is 19.0 Å². The summed E-state index contributed by atoms with van der Waals surface area (Å²) in [6.07, 6.45) is 0.0527. The smallest absolute Gasteiger partial charge is 0.265 e. The van der Waals surface area contributed by atoms with E-state index in [1.165, 1.54) is 4.90 Å². The van der Waals surface area contributed by atoms with Gasteiger partial charge >= 0.3 is 0 Å². The zero-order valence-electron chi connectivity index (χ0n) is 9.13. The molecule has 0 bridgehead atoms. The number of nitrogens with zero attached hydrogens (tertiary/aromatic N) is 2. The first-order valence-electron chi connectivity index (χ1n) is 5.32. The number of hydrogen-bond acceptors (Lipinski definition) is 4. The van der Waals surface area contributed by atoms with Gasteiger partial charge in [0.15, 0.2) is 0 Å². The van der Waals surface area contributed by atoms with Gasteiger partial charge in [0.1, 0.15) is 6.54 Å². The van der Waals surface area contributed by atoms with E-state index in [4.69, 9.17) is 0 Å². The number of rotatable bonds is 2. The highest BCUT2D eigenvalue weighted by atomic mass is 16.3. The molecule has 1 atom stereocenters. The fourth-order valence-corrected chi connectivity index (χ4v) is 1.78. The second-order valence-electron chi connectivity index (χ2n) is 4.02. The topological polar surface area (TPSA) is 95.4 Å². The Morgan fingerprint density at radius 3 is 2.88 bits per heavy atom. The molecular weight excluding hydrogens is 226 g/mol. The first kappa shape index (κ1) is 11.6. The van der Waals surface area contributed by atoms with Crippen LogP contribution in [0.5, 0.6) is 0 Å². The van der Waals surface area contributed by atoms with Crippen LogP contribution in [0.4, 0.5) is 0 Å². The maximum atomic E-state index is 11.8. The van der Waals surface area contributed by atoms with Gasteiger partial charge in [0.25, 0.3) is 11.1 Å². The quantitative estimate of drug-likeness (QED) is 0.632. The standard InChI is InChI=1S/C10H13N3O4/c14-7-3-4-12(5-7)10(17)6-13-9(16)2-1-8(15)11-13/h1-2,7,14H,3-6H2,(H,11,15)/t7-/m1/s1. The molecule has 1 aromatic rings. The van der Waals surface area contributed by atoms with Crippen LogP contribution in [0.2, 0.25) is 0 Å². The van der Waals surface area contributed by atoms with Gasteiger partial charge in [-0.2, -0.15) is 0 Å². The Hall–Kier alpha value is -1.89. The zero-order chi connectivity index (χ0) is 12.4. The van der Waals surface area contributed by atoms with Crippen molar-refractivity contribution >= 4 is 5.91 Å². The van der Waals surface area contributed by atoms with Gasteiger partial charge in [-0.15, -0.1) is 0 Å². The van der Waals surface area contributed by atoms with E-state index in [1.807, 2.05) is 0 Å². The second-order valence-corrected chi connectivity index (χ2v) is 4.02. The lowest BCUT2D eigenvalue weighted by molar-refractivity contribution is -0.131. The molecule has 1 amide bonds. The zero-order valence-corrected chi connectivity index (χ0v) is 9.13. The number of hydrogen-bond donors (Lipinski definition) is 2. The van der Waals surface area contributed by atoms with Gasteiger partial charge in [-0.05, 0) is 6.42 Å². The van der Waals surface area contributed by atoms with Crippen molar-refractivity contribution in [3.05, 3.63) is 32.8 Å². The molecule has 92 valence electrons. The molecule has 1 aliphatic rings. The molecule has 7 nitrogen and oxygen atoms in total. The van der Waals surface area contributed by atoms with Crippen LogP contribution < -0.4 is 11.1 Å². The summed E-state index contributed by atoms with van der Waals surface area (Å²) >= 11 is 0. The molecule has 0 aliphatic carbocycles. The summed E-state index contributed by atoms with van der Waals surface area (Å²) in [5.74, 6) is -0.287. The molecule has 0 aromatic carbocycles. The number of aliphatic hydroxyl groups excluding tert-OH is 1. The summed E-state index contributed by atoms with van der Waals surface area (Å²) in [6, 6.07) is 2.23. The average Bonchev–Trinajstić information content (AvgIpc) is 2.70. The fraction of sp³-hybridized carbons (Fsp3) is 0.500. The number of H-pyrrole nitrogens is 1. The minimum Gasteiger partial charge on any atom is -0.391 e. The molecule has 1 aliphatic heterocycles. The van der Waals surface area contributed by atoms with Crippen molar-refractivity contribution in [2.45, 2.75) is 19.1 Å². The van der Waals surface area contributed by atoms with E-state index in [1.54, 1.807) is 0 Å². The lowest BCUT2D eigenvalue weighted by Gasteiger charge is -2.15. The van der Waals surface area contributed by atoms with Gasteiger partial charge in [-0.1, -0.05) is 0 Å². The molecule has 2 rings (SSSR count). The number of aliphatic hydroxyl groups is 1. The molecule has 1 fully saturated rings. The third-order valence-corrected chi connectivity index (χ3v) is 2.70. The molecule has 0 saturated carbocycles. The number of carbonyl (C=O) groups is 1. The highest BCUT2D eigenvalue weighted by Gasteiger charge is 2.24. The Kier molecular flexibility index (Phi) is 3.10. The van der Waals surface area contributed by atoms with Crippen LogP contribution in [0.15, 0.2) is 21.7 Å². The van der Waals surface area contributed by atoms with Crippen molar-refractivity contribution < 1.29 is 9.90 Å². The molecule has 1 saturated heterocycles. The normalized spacial score (nSPS) is 19.6. The predicted molar refractivity (Wildman–Crippen MR) is 58.5 cm³/mol. The fourth-order valence-electron chi connectivity index (χ4n) is 1.78. The minimum atomic E-state index is -0.495. The first-order chi connectivity index (χ1) is 8.06. The van der Waals surface area contributed by atoms with Crippen LogP contribution >= 0.6 is 0 Å². The maximum absolute atomic E-state index is 11.8. The molecule has 2 N–H and O–H groups in total. The number of aromatic nitrogens is 2. The summed E-state index contributed by atoms with van der Waals surface area (Å²) in [7, 11) is 0. The van der Waals surface area contributed by atoms with E-state index in [2.05, 4.69) is 5.10 Å². The largest absolute Gasteiger partial charge is 0.391 e. The summed E-state index contributed by atoms with van der Waals surface area (Å²) < 4.78 is 0.968. The number of β-amino-alcohol motifs (C(OH)–C–C–N with tert-alkyl or cyclic N) is 1. The van der Waals surface area contributed by atoms with Crippen LogP contribution in [0, 0.1) is 0 Å². The Morgan fingerprint density at radius 2 is 2.24 bits per heavy atom. The van der Waals surface area contributed by atoms with Gasteiger partial charge in [-0.3, -0.25) is 19.5 Å². The highest BCUT2D eigenvalue weighted by Crippen LogP contribution is 2.08. The van der Waals surface area contributed by atoms with Crippen molar-refractivity contribution in [3.63, 3.8) is 0 Å². The summed E-state index contributed by atoms with van der Waals surface area (Å²) in [6.45, 7) is 0.554. The Morgan fingerprint density at radius 1 is 1.47 bits per heavy atom. The highest BCUT2D eigenvalue weighted by molar-refractivity contribution is 5.76. The number of aromatic amines is 1. The second kappa shape index (κ2) is 4.54. The summed E-state index contributed by atoms with van der Waals surface area (Å²) in [5, 5.41) is 11.6. The average molecular weight is 239 g/mol. The van der Waals surface area contributed by atoms with Gasteiger partial charge in [0.05, 0.1) is 6.10 Å². The monoisotopic (exact) mass is 239 g/mol. The Labute approximate surface area is 96.3 Å². The van der Waals surface area contributed by atoms with Gasteiger partial charge in [0, 0.05) is 25.2 Å². The molecule has 0 radical (unpaired) electrons. The van der Waals surface area contributed by atoms with Crippen molar-refractivity contribution in [2.75, 3.05) is 13.1 Å². The molecule has 17 heavy (non-hydrogen) atoms. The van der Waals surface area contributed by atoms with E-state index in [9.17, 15) is 19.5 Å². The van der Waals surface area contributed by atoms with E-state index >= 15 is 0 Å². The third kappa shape index (κ3) is 2.62. The van der Waals surface area contributed by atoms with Crippen LogP contribution in [0.3, 0.4) is 0 Å². The maximum Gasteiger partial charge on any atom is 0.265 e. The Balaban J connectivity index is 2.10. The third-order valence-electron chi connectivity index (χ3n) is 2.70. The summed E-state index contributed by atoms with van der Waals surface area (Å²) in [5.41, 5.74) is -0.864. The lowest BCUT2D eigenvalue weighted by Crippen LogP contribution is -2.38. The minimum absolute atomic E-state index is 0.207. The molecule has 0 spiro atoms. The van der Waals surface area contributed by atoms with Crippen LogP contribution in [0.1, 0.15) is 6.42 Å². The molecule has 1 aromatic heterocycles. The van der Waals surface area contributed by atoms with E-state index in [0.717, 1.165) is 16.8 Å². The van der Waals surface area contributed by atoms with E-state index < -0.39 is 17.2 Å². The molecule has 0 unspecified atom stereocenters. The number of nitrogens with one attached hydrogen (secondary N) is 1. The van der Waals surface area contributed by atoms with Crippen molar-refractivity contribution in [1.29, 1.82) is 0 Å². The Bertz CT molecular complexity index is 533. The number of amides is 1. The summed E-state index contributed by atoms with van der Waals surface area (Å²) in [4.78, 5) is 35.6. The lowest BCUT2D eigenvalue weighted by atomic mass is 10.3. The molecule has 2 heterocycles. The first-order valence-corrected chi connectivity index (χ1v) is 5.32. The molecular formula is C10H13N3O4. The van der Waals surface area contributed by atoms with Crippen molar-refractivity contribution in [2.24, 2.45) is 0 Å². The SMILES string of the molecule is O=C(Cn1[nH]c(=O)ccc1=O)N1CC[C@@H](O)C1.